The summed E-state index contributed by atoms with van der Waals surface area (Å²) in [7, 11) is -3.87. The molecule has 40 heavy (non-hydrogen) atoms. The number of benzene rings is 1. The number of carbonyl (C=O) groups is 1. The first-order valence-electron chi connectivity index (χ1n) is 12.5. The average Bonchev–Trinajstić information content (AvgIpc) is 3.55. The zero-order valence-corrected chi connectivity index (χ0v) is 24.1. The number of alkyl halides is 3. The number of rotatable bonds is 10. The van der Waals surface area contributed by atoms with Gasteiger partial charge in [-0.25, -0.2) is 18.4 Å². The molecule has 8 nitrogen and oxygen atoms in total. The number of thiophene rings is 1. The quantitative estimate of drug-likeness (QED) is 0.313. The van der Waals surface area contributed by atoms with E-state index in [0.29, 0.717) is 34.1 Å². The van der Waals surface area contributed by atoms with Crippen LogP contribution in [0.15, 0.2) is 46.7 Å². The Morgan fingerprint density at radius 3 is 2.48 bits per heavy atom. The molecule has 0 bridgehead atoms. The Hall–Kier alpha value is -2.58. The Labute approximate surface area is 239 Å². The summed E-state index contributed by atoms with van der Waals surface area (Å²) in [4.78, 5) is 22.0. The minimum absolute atomic E-state index is 0.00369. The molecule has 1 saturated heterocycles. The molecule has 4 rings (SSSR count). The lowest BCUT2D eigenvalue weighted by atomic mass is 10.0. The van der Waals surface area contributed by atoms with Crippen molar-refractivity contribution < 1.29 is 31.5 Å². The lowest BCUT2D eigenvalue weighted by molar-refractivity contribution is -0.137. The molecule has 0 aliphatic carbocycles. The molecule has 0 saturated carbocycles. The summed E-state index contributed by atoms with van der Waals surface area (Å²) in [6.07, 6.45) is -3.38. The monoisotopic (exact) mass is 616 g/mol. The Kier molecular flexibility index (Phi) is 8.91. The predicted octanol–water partition coefficient (Wildman–Crippen LogP) is 5.42. The molecule has 14 heteroatoms. The maximum atomic E-state index is 13.2. The molecule has 0 spiro atoms. The molecule has 1 aromatic carbocycles. The van der Waals surface area contributed by atoms with Crippen LogP contribution in [0, 0.1) is 0 Å². The highest BCUT2D eigenvalue weighted by molar-refractivity contribution is 7.91. The van der Waals surface area contributed by atoms with Crippen LogP contribution in [0.2, 0.25) is 4.34 Å². The number of aromatic nitrogens is 2. The van der Waals surface area contributed by atoms with E-state index in [-0.39, 0.29) is 41.9 Å². The van der Waals surface area contributed by atoms with E-state index in [0.717, 1.165) is 23.5 Å². The smallest absolute Gasteiger partial charge is 0.389 e. The number of carbonyl (C=O) groups excluding carboxylic acids is 1. The van der Waals surface area contributed by atoms with Crippen LogP contribution >= 0.6 is 22.9 Å². The molecule has 3 heterocycles. The molecule has 2 N–H and O–H groups in total. The maximum Gasteiger partial charge on any atom is 0.416 e. The zero-order chi connectivity index (χ0) is 29.3. The van der Waals surface area contributed by atoms with E-state index < -0.39 is 33.4 Å². The van der Waals surface area contributed by atoms with Crippen molar-refractivity contribution in [2.24, 2.45) is 0 Å². The Bertz CT molecular complexity index is 1470. The van der Waals surface area contributed by atoms with Crippen LogP contribution < -0.4 is 5.32 Å². The fourth-order valence-electron chi connectivity index (χ4n) is 4.30. The van der Waals surface area contributed by atoms with Gasteiger partial charge in [-0.2, -0.15) is 17.5 Å². The van der Waals surface area contributed by atoms with Crippen LogP contribution in [0.4, 0.5) is 19.1 Å². The molecular weight excluding hydrogens is 589 g/mol. The summed E-state index contributed by atoms with van der Waals surface area (Å²) in [6, 6.07) is 8.22. The van der Waals surface area contributed by atoms with Crippen molar-refractivity contribution in [1.29, 1.82) is 0 Å². The first kappa shape index (κ1) is 30.4. The SMILES string of the molecule is CC(C)(O)CNc1nc(CCC(=O)[C@@H]2CCCN2S(=O)(=O)c2ccc(Cl)s2)cc(-c2ccc(C(F)(F)F)cc2)n1. The molecule has 1 aliphatic heterocycles. The number of halogens is 4. The van der Waals surface area contributed by atoms with Crippen molar-refractivity contribution in [3.63, 3.8) is 0 Å². The van der Waals surface area contributed by atoms with Crippen molar-refractivity contribution >= 4 is 44.7 Å². The first-order chi connectivity index (χ1) is 18.6. The van der Waals surface area contributed by atoms with Crippen LogP contribution in [0.1, 0.15) is 44.4 Å². The van der Waals surface area contributed by atoms with Crippen LogP contribution in [-0.2, 0) is 27.4 Å². The number of sulfonamides is 1. The highest BCUT2D eigenvalue weighted by Gasteiger charge is 2.39. The number of hydrogen-bond donors (Lipinski definition) is 2. The second-order valence-corrected chi connectivity index (χ2v) is 13.9. The third kappa shape index (κ3) is 7.38. The van der Waals surface area contributed by atoms with Gasteiger partial charge in [-0.15, -0.1) is 11.3 Å². The van der Waals surface area contributed by atoms with E-state index in [1.54, 1.807) is 19.9 Å². The van der Waals surface area contributed by atoms with Crippen LogP contribution in [0.25, 0.3) is 11.3 Å². The van der Waals surface area contributed by atoms with Gasteiger partial charge in [0.2, 0.25) is 5.95 Å². The minimum atomic E-state index is -4.48. The van der Waals surface area contributed by atoms with E-state index in [9.17, 15) is 31.5 Å². The molecule has 1 aliphatic rings. The summed E-state index contributed by atoms with van der Waals surface area (Å²) in [5.74, 6) is -0.119. The topological polar surface area (TPSA) is 112 Å². The van der Waals surface area contributed by atoms with Crippen LogP contribution in [0.5, 0.6) is 0 Å². The average molecular weight is 617 g/mol. The van der Waals surface area contributed by atoms with Crippen LogP contribution in [-0.4, -0.2) is 58.3 Å². The third-order valence-electron chi connectivity index (χ3n) is 6.28. The summed E-state index contributed by atoms with van der Waals surface area (Å²) in [5.41, 5.74) is -0.694. The van der Waals surface area contributed by atoms with Gasteiger partial charge in [0.1, 0.15) is 4.21 Å². The zero-order valence-electron chi connectivity index (χ0n) is 21.7. The standard InChI is InChI=1S/C26H28ClF3N4O4S2/c1-25(2,36)15-31-24-32-18(14-19(33-24)16-5-7-17(8-6-16)26(28,29)30)9-10-21(35)20-4-3-13-34(20)40(37,38)23-12-11-22(27)39-23/h5-8,11-12,14,20,36H,3-4,9-10,13,15H2,1-2H3,(H,31,32,33)/t20-/m0/s1. The van der Waals surface area contributed by atoms with Gasteiger partial charge in [0.05, 0.1) is 27.2 Å². The van der Waals surface area contributed by atoms with Gasteiger partial charge in [0.25, 0.3) is 10.0 Å². The summed E-state index contributed by atoms with van der Waals surface area (Å²) in [5, 5.41) is 13.0. The highest BCUT2D eigenvalue weighted by atomic mass is 35.5. The van der Waals surface area contributed by atoms with Crippen molar-refractivity contribution in [3.8, 4) is 11.3 Å². The third-order valence-corrected chi connectivity index (χ3v) is 9.89. The number of nitrogens with one attached hydrogen (secondary N) is 1. The van der Waals surface area contributed by atoms with Gasteiger partial charge < -0.3 is 10.4 Å². The van der Waals surface area contributed by atoms with Gasteiger partial charge in [0.15, 0.2) is 5.78 Å². The predicted molar refractivity (Wildman–Crippen MR) is 147 cm³/mol. The van der Waals surface area contributed by atoms with E-state index in [1.807, 2.05) is 0 Å². The number of ketones is 1. The number of Topliss-reactive ketones (excluding diaryl/α,β-unsaturated/α-hetero) is 1. The van der Waals surface area contributed by atoms with Crippen LogP contribution in [0.3, 0.4) is 0 Å². The van der Waals surface area contributed by atoms with E-state index in [2.05, 4.69) is 15.3 Å². The number of hydrogen-bond acceptors (Lipinski definition) is 8. The molecule has 0 radical (unpaired) electrons. The molecule has 0 unspecified atom stereocenters. The van der Waals surface area contributed by atoms with E-state index >= 15 is 0 Å². The highest BCUT2D eigenvalue weighted by Crippen LogP contribution is 2.33. The lowest BCUT2D eigenvalue weighted by Gasteiger charge is -2.22. The summed E-state index contributed by atoms with van der Waals surface area (Å²) < 4.78 is 67.0. The Morgan fingerprint density at radius 2 is 1.88 bits per heavy atom. The van der Waals surface area contributed by atoms with Gasteiger partial charge in [-0.05, 0) is 63.4 Å². The van der Waals surface area contributed by atoms with Gasteiger partial charge >= 0.3 is 6.18 Å². The normalized spacial score (nSPS) is 16.8. The maximum absolute atomic E-state index is 13.2. The molecule has 0 amide bonds. The second-order valence-electron chi connectivity index (χ2n) is 10.1. The number of aryl methyl sites for hydroxylation is 1. The summed E-state index contributed by atoms with van der Waals surface area (Å²) in [6.45, 7) is 3.50. The Morgan fingerprint density at radius 1 is 1.18 bits per heavy atom. The van der Waals surface area contributed by atoms with Crippen molar-refractivity contribution in [2.45, 2.75) is 61.6 Å². The van der Waals surface area contributed by atoms with Crippen molar-refractivity contribution in [2.75, 3.05) is 18.4 Å². The minimum Gasteiger partial charge on any atom is -0.389 e. The number of aliphatic hydroxyl groups is 1. The van der Waals surface area contributed by atoms with Gasteiger partial charge in [-0.1, -0.05) is 23.7 Å². The largest absolute Gasteiger partial charge is 0.416 e. The number of anilines is 1. The molecule has 1 atom stereocenters. The van der Waals surface area contributed by atoms with E-state index in [1.165, 1.54) is 28.6 Å². The molecule has 3 aromatic rings. The van der Waals surface area contributed by atoms with Crippen molar-refractivity contribution in [3.05, 3.63) is 58.1 Å². The Balaban J connectivity index is 1.54. The fraction of sp³-hybridized carbons (Fsp3) is 0.423. The van der Waals surface area contributed by atoms with Gasteiger partial charge in [-0.3, -0.25) is 4.79 Å². The number of nitrogens with zero attached hydrogens (tertiary/aromatic N) is 3. The lowest BCUT2D eigenvalue weighted by Crippen LogP contribution is -2.40. The first-order valence-corrected chi connectivity index (χ1v) is 15.1. The molecule has 216 valence electrons. The molecule has 2 aromatic heterocycles. The van der Waals surface area contributed by atoms with E-state index in [4.69, 9.17) is 11.6 Å². The summed E-state index contributed by atoms with van der Waals surface area (Å²) >= 11 is 6.86. The van der Waals surface area contributed by atoms with Gasteiger partial charge in [0, 0.05) is 30.8 Å². The molecular formula is C26H28ClF3N4O4S2. The molecule has 1 fully saturated rings. The van der Waals surface area contributed by atoms with Crippen molar-refractivity contribution in [1.82, 2.24) is 14.3 Å². The fourth-order valence-corrected chi connectivity index (χ4v) is 7.59. The second kappa shape index (κ2) is 11.7.